The molecule has 0 unspecified atom stereocenters. The van der Waals surface area contributed by atoms with Crippen molar-refractivity contribution in [3.05, 3.63) is 90.0 Å². The fraction of sp³-hybridized carbons (Fsp3) is 0.0556. The second-order valence-corrected chi connectivity index (χ2v) is 4.36. The minimum absolute atomic E-state index is 0. The molecule has 104 valence electrons. The molecule has 0 fully saturated rings. The molecule has 3 aromatic rings. The van der Waals surface area contributed by atoms with Crippen molar-refractivity contribution in [1.82, 2.24) is 0 Å². The van der Waals surface area contributed by atoms with Crippen LogP contribution in [-0.2, 0) is 32.3 Å². The number of hydrogen-bond acceptors (Lipinski definition) is 0. The van der Waals surface area contributed by atoms with Gasteiger partial charge in [-0.25, -0.2) is 12.1 Å². The fourth-order valence-electron chi connectivity index (χ4n) is 2.32. The Labute approximate surface area is 179 Å². The summed E-state index contributed by atoms with van der Waals surface area (Å²) in [5, 5.41) is 0. The van der Waals surface area contributed by atoms with Gasteiger partial charge in [0.15, 0.2) is 0 Å². The van der Waals surface area contributed by atoms with E-state index in [4.69, 9.17) is 0 Å². The average Bonchev–Trinajstić information content (AvgIpc) is 3.10. The van der Waals surface area contributed by atoms with Gasteiger partial charge in [0.05, 0.1) is 0 Å². The van der Waals surface area contributed by atoms with Crippen LogP contribution in [0.15, 0.2) is 72.8 Å². The molecule has 0 nitrogen and oxygen atoms in total. The SMILES string of the molecule is [Hf+4].[I-].[I-].[c-]1cccc2c1Cc1ccccc1-2.c1cc[cH-]c1. The number of fused-ring (bicyclic) bond motifs is 3. The van der Waals surface area contributed by atoms with E-state index in [9.17, 15) is 0 Å². The Kier molecular flexibility index (Phi) is 10.8. The number of halogens is 2. The van der Waals surface area contributed by atoms with E-state index >= 15 is 0 Å². The van der Waals surface area contributed by atoms with E-state index in [1.54, 1.807) is 0 Å². The Balaban J connectivity index is 0.000000437. The second kappa shape index (κ2) is 10.8. The van der Waals surface area contributed by atoms with Gasteiger partial charge in [0.2, 0.25) is 0 Å². The molecule has 1 aliphatic carbocycles. The summed E-state index contributed by atoms with van der Waals surface area (Å²) in [6.45, 7) is 0. The maximum absolute atomic E-state index is 3.30. The Hall–Kier alpha value is 0.120. The molecule has 0 saturated carbocycles. The predicted molar refractivity (Wildman–Crippen MR) is 75.6 cm³/mol. The van der Waals surface area contributed by atoms with Crippen LogP contribution in [0.2, 0.25) is 0 Å². The topological polar surface area (TPSA) is 0 Å². The zero-order valence-electron chi connectivity index (χ0n) is 11.4. The zero-order chi connectivity index (χ0) is 12.2. The summed E-state index contributed by atoms with van der Waals surface area (Å²) in [5.41, 5.74) is 5.51. The maximum Gasteiger partial charge on any atom is 4.00 e. The van der Waals surface area contributed by atoms with Gasteiger partial charge in [-0.3, -0.25) is 0 Å². The minimum Gasteiger partial charge on any atom is -1.00 e. The molecular weight excluding hydrogens is 648 g/mol. The molecule has 0 amide bonds. The van der Waals surface area contributed by atoms with E-state index in [-0.39, 0.29) is 73.8 Å². The monoisotopic (exact) mass is 664 g/mol. The summed E-state index contributed by atoms with van der Waals surface area (Å²) in [5.74, 6) is 0. The Bertz CT molecular complexity index is 573. The van der Waals surface area contributed by atoms with E-state index in [1.807, 2.05) is 36.4 Å². The van der Waals surface area contributed by atoms with Gasteiger partial charge in [-0.1, -0.05) is 35.4 Å². The van der Waals surface area contributed by atoms with Crippen LogP contribution in [0.4, 0.5) is 0 Å². The minimum atomic E-state index is 0. The Morgan fingerprint density at radius 3 is 2.14 bits per heavy atom. The first-order valence-electron chi connectivity index (χ1n) is 6.20. The van der Waals surface area contributed by atoms with Crippen molar-refractivity contribution in [2.75, 3.05) is 0 Å². The van der Waals surface area contributed by atoms with E-state index in [0.717, 1.165) is 6.42 Å². The molecule has 0 heterocycles. The van der Waals surface area contributed by atoms with Gasteiger partial charge in [-0.2, -0.15) is 48.0 Å². The van der Waals surface area contributed by atoms with E-state index in [0.29, 0.717) is 0 Å². The largest absolute Gasteiger partial charge is 4.00 e. The third-order valence-corrected chi connectivity index (χ3v) is 3.17. The number of rotatable bonds is 0. The van der Waals surface area contributed by atoms with Crippen molar-refractivity contribution in [3.63, 3.8) is 0 Å². The number of benzene rings is 2. The van der Waals surface area contributed by atoms with Gasteiger partial charge >= 0.3 is 25.8 Å². The first-order chi connectivity index (χ1) is 8.95. The van der Waals surface area contributed by atoms with Crippen molar-refractivity contribution >= 4 is 0 Å². The molecule has 0 aromatic heterocycles. The maximum atomic E-state index is 3.30. The van der Waals surface area contributed by atoms with Crippen LogP contribution in [0.25, 0.3) is 11.1 Å². The Morgan fingerprint density at radius 1 is 0.810 bits per heavy atom. The summed E-state index contributed by atoms with van der Waals surface area (Å²) in [7, 11) is 0. The van der Waals surface area contributed by atoms with Gasteiger partial charge in [0.25, 0.3) is 0 Å². The average molecular weight is 663 g/mol. The third kappa shape index (κ3) is 5.36. The molecule has 0 radical (unpaired) electrons. The summed E-state index contributed by atoms with van der Waals surface area (Å²) in [6.07, 6.45) is 1.05. The summed E-state index contributed by atoms with van der Waals surface area (Å²) < 4.78 is 0. The second-order valence-electron chi connectivity index (χ2n) is 4.36. The molecule has 0 N–H and O–H groups in total. The van der Waals surface area contributed by atoms with Crippen LogP contribution in [0.3, 0.4) is 0 Å². The predicted octanol–water partition coefficient (Wildman–Crippen LogP) is -1.53. The van der Waals surface area contributed by atoms with Crippen molar-refractivity contribution < 1.29 is 73.8 Å². The van der Waals surface area contributed by atoms with Gasteiger partial charge in [0.1, 0.15) is 0 Å². The van der Waals surface area contributed by atoms with Crippen LogP contribution in [0.1, 0.15) is 11.1 Å². The normalized spacial score (nSPS) is 9.52. The van der Waals surface area contributed by atoms with Gasteiger partial charge in [-0.05, 0) is 6.42 Å². The van der Waals surface area contributed by atoms with Crippen LogP contribution in [0.5, 0.6) is 0 Å². The Morgan fingerprint density at radius 2 is 1.48 bits per heavy atom. The molecule has 0 atom stereocenters. The van der Waals surface area contributed by atoms with E-state index in [1.165, 1.54) is 22.3 Å². The molecule has 3 heteroatoms. The van der Waals surface area contributed by atoms with Crippen LogP contribution >= 0.6 is 0 Å². The molecule has 0 saturated heterocycles. The van der Waals surface area contributed by atoms with Crippen molar-refractivity contribution in [2.24, 2.45) is 0 Å². The van der Waals surface area contributed by atoms with E-state index in [2.05, 4.69) is 42.5 Å². The van der Waals surface area contributed by atoms with Crippen LogP contribution < -0.4 is 48.0 Å². The van der Waals surface area contributed by atoms with Gasteiger partial charge in [-0.15, -0.1) is 5.56 Å². The van der Waals surface area contributed by atoms with Crippen LogP contribution in [-0.4, -0.2) is 0 Å². The van der Waals surface area contributed by atoms with E-state index < -0.39 is 0 Å². The van der Waals surface area contributed by atoms with Gasteiger partial charge in [0, 0.05) is 0 Å². The van der Waals surface area contributed by atoms with Crippen molar-refractivity contribution in [2.45, 2.75) is 6.42 Å². The zero-order valence-corrected chi connectivity index (χ0v) is 19.3. The first kappa shape index (κ1) is 21.1. The molecule has 4 rings (SSSR count). The molecular formula is C18H14HfI2. The quantitative estimate of drug-likeness (QED) is 0.122. The summed E-state index contributed by atoms with van der Waals surface area (Å²) >= 11 is 0. The third-order valence-electron chi connectivity index (χ3n) is 3.17. The van der Waals surface area contributed by atoms with Crippen LogP contribution in [0, 0.1) is 6.07 Å². The van der Waals surface area contributed by atoms with Crippen molar-refractivity contribution in [3.8, 4) is 11.1 Å². The molecule has 3 aromatic carbocycles. The summed E-state index contributed by atoms with van der Waals surface area (Å²) in [4.78, 5) is 0. The molecule has 0 aliphatic heterocycles. The fourth-order valence-corrected chi connectivity index (χ4v) is 2.32. The standard InChI is InChI=1S/C13H9.C5H5.Hf.2HI/c1-3-7-12-10(5-1)9-11-6-2-4-8-13(11)12;1-2-4-5-3-1;;;/h1-5,7-8H,9H2;1-5H;;2*1H/q2*-1;+4;;/p-2. The van der Waals surface area contributed by atoms with Gasteiger partial charge < -0.3 is 48.0 Å². The molecule has 1 aliphatic rings. The molecule has 0 bridgehead atoms. The first-order valence-corrected chi connectivity index (χ1v) is 6.20. The summed E-state index contributed by atoms with van der Waals surface area (Å²) in [6, 6.07) is 28.1. The van der Waals surface area contributed by atoms with Crippen molar-refractivity contribution in [1.29, 1.82) is 0 Å². The molecule has 0 spiro atoms. The number of hydrogen-bond donors (Lipinski definition) is 0. The smallest absolute Gasteiger partial charge is 1.00 e. The molecule has 21 heavy (non-hydrogen) atoms.